The van der Waals surface area contributed by atoms with Gasteiger partial charge in [-0.15, -0.1) is 46.2 Å². The second-order valence-electron chi connectivity index (χ2n) is 4.82. The number of halogens is 2. The topological polar surface area (TPSA) is 0 Å². The average Bonchev–Trinajstić information content (AvgIpc) is 3.19. The molecule has 0 nitrogen and oxygen atoms in total. The fourth-order valence-electron chi connectivity index (χ4n) is 2.24. The van der Waals surface area contributed by atoms with E-state index in [1.807, 2.05) is 12.2 Å². The molecular formula is C20H20Cl2HfSi. The van der Waals surface area contributed by atoms with Crippen LogP contribution in [0.3, 0.4) is 0 Å². The Kier molecular flexibility index (Phi) is 15.8. The summed E-state index contributed by atoms with van der Waals surface area (Å²) in [5.74, 6) is 0. The summed E-state index contributed by atoms with van der Waals surface area (Å²) in [5.41, 5.74) is 0. The van der Waals surface area contributed by atoms with E-state index in [0.717, 1.165) is 15.9 Å². The first-order chi connectivity index (χ1) is 10.4. The molecule has 0 aliphatic heterocycles. The van der Waals surface area contributed by atoms with Crippen molar-refractivity contribution in [3.05, 3.63) is 78.9 Å². The van der Waals surface area contributed by atoms with E-state index in [9.17, 15) is 0 Å². The summed E-state index contributed by atoms with van der Waals surface area (Å²) in [6.45, 7) is 4.31. The van der Waals surface area contributed by atoms with Crippen molar-refractivity contribution in [1.29, 1.82) is 0 Å². The zero-order valence-corrected chi connectivity index (χ0v) is 20.0. The largest absolute Gasteiger partial charge is 4.00 e. The number of allylic oxidation sites excluding steroid dienone is 4. The fraction of sp³-hybridized carbons (Fsp3) is 0.150. The van der Waals surface area contributed by atoms with Gasteiger partial charge in [-0.1, -0.05) is 49.5 Å². The molecule has 0 unspecified atom stereocenters. The van der Waals surface area contributed by atoms with Crippen LogP contribution in [0.15, 0.2) is 72.8 Å². The smallest absolute Gasteiger partial charge is 1.00 e. The number of fused-ring (bicyclic) bond motifs is 3. The second kappa shape index (κ2) is 14.8. The van der Waals surface area contributed by atoms with Crippen molar-refractivity contribution in [2.24, 2.45) is 0 Å². The predicted molar refractivity (Wildman–Crippen MR) is 96.1 cm³/mol. The van der Waals surface area contributed by atoms with Crippen molar-refractivity contribution >= 4 is 31.1 Å². The van der Waals surface area contributed by atoms with Gasteiger partial charge < -0.3 is 24.8 Å². The Morgan fingerprint density at radius 3 is 1.67 bits per heavy atom. The first-order valence-electron chi connectivity index (χ1n) is 7.20. The van der Waals surface area contributed by atoms with Crippen molar-refractivity contribution in [3.8, 4) is 0 Å². The van der Waals surface area contributed by atoms with Crippen LogP contribution in [0.2, 0.25) is 13.1 Å². The van der Waals surface area contributed by atoms with E-state index >= 15 is 0 Å². The third-order valence-electron chi connectivity index (χ3n) is 3.11. The molecule has 0 aromatic heterocycles. The van der Waals surface area contributed by atoms with E-state index in [1.54, 1.807) is 0 Å². The number of hydrogen-bond acceptors (Lipinski definition) is 0. The number of hydrogen-bond donors (Lipinski definition) is 0. The molecule has 0 N–H and O–H groups in total. The monoisotopic (exact) mass is 538 g/mol. The molecule has 24 heavy (non-hydrogen) atoms. The Hall–Kier alpha value is -0.543. The van der Waals surface area contributed by atoms with E-state index in [1.165, 1.54) is 21.5 Å². The molecule has 1 aliphatic carbocycles. The van der Waals surface area contributed by atoms with E-state index in [-0.39, 0.29) is 50.7 Å². The maximum absolute atomic E-state index is 2.99. The van der Waals surface area contributed by atoms with Crippen LogP contribution in [0.1, 0.15) is 6.42 Å². The molecule has 4 heteroatoms. The molecule has 3 aromatic rings. The summed E-state index contributed by atoms with van der Waals surface area (Å²) in [6, 6.07) is 19.3. The Labute approximate surface area is 179 Å². The molecule has 0 saturated heterocycles. The third-order valence-corrected chi connectivity index (χ3v) is 3.11. The van der Waals surface area contributed by atoms with Gasteiger partial charge >= 0.3 is 25.8 Å². The molecule has 0 heterocycles. The average molecular weight is 538 g/mol. The van der Waals surface area contributed by atoms with Crippen LogP contribution < -0.4 is 24.8 Å². The van der Waals surface area contributed by atoms with E-state index in [2.05, 4.69) is 79.8 Å². The van der Waals surface area contributed by atoms with Gasteiger partial charge in [0.1, 0.15) is 0 Å². The van der Waals surface area contributed by atoms with Gasteiger partial charge in [0, 0.05) is 9.52 Å². The molecule has 1 aliphatic rings. The minimum atomic E-state index is 0. The minimum absolute atomic E-state index is 0. The van der Waals surface area contributed by atoms with Crippen LogP contribution in [-0.2, 0) is 25.8 Å². The van der Waals surface area contributed by atoms with Crippen LogP contribution in [0.5, 0.6) is 0 Å². The van der Waals surface area contributed by atoms with Gasteiger partial charge in [-0.3, -0.25) is 6.08 Å². The van der Waals surface area contributed by atoms with E-state index in [4.69, 9.17) is 0 Å². The SMILES string of the molecule is C[Si]C.[C-]1=CC=CC1.[Cl-].[Cl-].[Hf+4].c1ccc2c(c1)[cH-]c1ccccc12. The van der Waals surface area contributed by atoms with Crippen LogP contribution in [0.25, 0.3) is 21.5 Å². The van der Waals surface area contributed by atoms with Crippen molar-refractivity contribution in [3.63, 3.8) is 0 Å². The second-order valence-corrected chi connectivity index (χ2v) is 5.82. The Bertz CT molecular complexity index is 687. The van der Waals surface area contributed by atoms with Crippen molar-refractivity contribution in [1.82, 2.24) is 0 Å². The number of benzene rings is 2. The minimum Gasteiger partial charge on any atom is -1.00 e. The molecule has 122 valence electrons. The fourth-order valence-corrected chi connectivity index (χ4v) is 2.24. The normalized spacial score (nSPS) is 10.4. The van der Waals surface area contributed by atoms with Gasteiger partial charge in [-0.05, 0) is 0 Å². The molecule has 0 bridgehead atoms. The summed E-state index contributed by atoms with van der Waals surface area (Å²) >= 11 is 0. The molecule has 0 saturated carbocycles. The van der Waals surface area contributed by atoms with Gasteiger partial charge in [0.25, 0.3) is 0 Å². The summed E-state index contributed by atoms with van der Waals surface area (Å²) < 4.78 is 0. The molecule has 0 fully saturated rings. The predicted octanol–water partition coefficient (Wildman–Crippen LogP) is -0.190. The third kappa shape index (κ3) is 7.56. The molecule has 0 amide bonds. The van der Waals surface area contributed by atoms with Gasteiger partial charge in [0.05, 0.1) is 0 Å². The van der Waals surface area contributed by atoms with Crippen LogP contribution in [0.4, 0.5) is 0 Å². The maximum atomic E-state index is 2.99. The molecule has 2 radical (unpaired) electrons. The summed E-state index contributed by atoms with van der Waals surface area (Å²) in [7, 11) is 1.08. The standard InChI is InChI=1S/C13H9.C5H5.C2H6Si.2ClH.Hf/c1-3-7-12-10(5-1)9-11-6-2-4-8-13(11)12;1-2-4-5-3-1;1-3-2;;;/h1-9H;1-3H,4H2;1-2H3;2*1H;/q2*-1;;;;+4/p-2. The van der Waals surface area contributed by atoms with Crippen LogP contribution in [-0.4, -0.2) is 9.52 Å². The van der Waals surface area contributed by atoms with Crippen LogP contribution >= 0.6 is 0 Å². The van der Waals surface area contributed by atoms with E-state index < -0.39 is 0 Å². The zero-order chi connectivity index (χ0) is 14.9. The first kappa shape index (κ1) is 25.7. The zero-order valence-electron chi connectivity index (χ0n) is 13.9. The summed E-state index contributed by atoms with van der Waals surface area (Å²) in [6.07, 6.45) is 10.0. The number of rotatable bonds is 0. The molecule has 0 atom stereocenters. The molecule has 0 spiro atoms. The van der Waals surface area contributed by atoms with Gasteiger partial charge in [0.2, 0.25) is 0 Å². The first-order valence-corrected chi connectivity index (χ1v) is 9.20. The Morgan fingerprint density at radius 2 is 1.33 bits per heavy atom. The van der Waals surface area contributed by atoms with Gasteiger partial charge in [0.15, 0.2) is 0 Å². The van der Waals surface area contributed by atoms with Crippen molar-refractivity contribution < 1.29 is 50.7 Å². The molecule has 3 aromatic carbocycles. The van der Waals surface area contributed by atoms with E-state index in [0.29, 0.717) is 0 Å². The summed E-state index contributed by atoms with van der Waals surface area (Å²) in [4.78, 5) is 0. The van der Waals surface area contributed by atoms with Gasteiger partial charge in [-0.25, -0.2) is 12.2 Å². The molecular weight excluding hydrogens is 518 g/mol. The van der Waals surface area contributed by atoms with Crippen molar-refractivity contribution in [2.75, 3.05) is 0 Å². The van der Waals surface area contributed by atoms with Crippen molar-refractivity contribution in [2.45, 2.75) is 19.5 Å². The molecule has 4 rings (SSSR count). The quantitative estimate of drug-likeness (QED) is 0.276. The maximum Gasteiger partial charge on any atom is 4.00 e. The Balaban J connectivity index is 0. The summed E-state index contributed by atoms with van der Waals surface area (Å²) in [5, 5.41) is 5.39. The van der Waals surface area contributed by atoms with Gasteiger partial charge in [-0.2, -0.15) is 6.08 Å². The Morgan fingerprint density at radius 1 is 0.875 bits per heavy atom. The van der Waals surface area contributed by atoms with Crippen LogP contribution in [0, 0.1) is 6.08 Å².